The van der Waals surface area contributed by atoms with E-state index in [0.717, 1.165) is 27.4 Å². The van der Waals surface area contributed by atoms with Gasteiger partial charge in [-0.25, -0.2) is 5.43 Å². The minimum Gasteiger partial charge on any atom is -0.489 e. The molecule has 0 aliphatic heterocycles. The third-order valence-electron chi connectivity index (χ3n) is 4.11. The lowest BCUT2D eigenvalue weighted by Crippen LogP contribution is -2.17. The van der Waals surface area contributed by atoms with Gasteiger partial charge in [-0.3, -0.25) is 9.89 Å². The van der Waals surface area contributed by atoms with Gasteiger partial charge < -0.3 is 4.74 Å². The number of benzene rings is 2. The van der Waals surface area contributed by atoms with Gasteiger partial charge in [0.05, 0.1) is 16.8 Å². The average Bonchev–Trinajstić information content (AvgIpc) is 3.46. The fourth-order valence-electron chi connectivity index (χ4n) is 2.61. The molecule has 0 atom stereocenters. The van der Waals surface area contributed by atoms with Crippen LogP contribution in [0, 0.1) is 0 Å². The molecule has 0 bridgehead atoms. The van der Waals surface area contributed by atoms with E-state index in [9.17, 15) is 4.79 Å². The molecule has 0 radical (unpaired) electrons. The molecule has 2 aromatic heterocycles. The van der Waals surface area contributed by atoms with Crippen LogP contribution in [-0.4, -0.2) is 22.3 Å². The van der Waals surface area contributed by atoms with Crippen LogP contribution in [0.25, 0.3) is 10.6 Å². The summed E-state index contributed by atoms with van der Waals surface area (Å²) in [6, 6.07) is 23.1. The molecule has 0 saturated carbocycles. The molecule has 0 aliphatic carbocycles. The predicted molar refractivity (Wildman–Crippen MR) is 114 cm³/mol. The zero-order valence-corrected chi connectivity index (χ0v) is 16.2. The topological polar surface area (TPSA) is 79.4 Å². The van der Waals surface area contributed by atoms with Gasteiger partial charge in [-0.2, -0.15) is 10.2 Å². The summed E-state index contributed by atoms with van der Waals surface area (Å²) in [6.07, 6.45) is 1.58. The molecule has 4 aromatic rings. The number of nitrogens with one attached hydrogen (secondary N) is 2. The number of H-pyrrole nitrogens is 1. The molecule has 0 saturated heterocycles. The number of nitrogens with zero attached hydrogens (tertiary/aromatic N) is 2. The highest BCUT2D eigenvalue weighted by Gasteiger charge is 2.11. The van der Waals surface area contributed by atoms with Crippen LogP contribution in [0.4, 0.5) is 0 Å². The van der Waals surface area contributed by atoms with E-state index in [1.807, 2.05) is 72.1 Å². The minimum atomic E-state index is -0.372. The van der Waals surface area contributed by atoms with Gasteiger partial charge in [0.15, 0.2) is 5.69 Å². The summed E-state index contributed by atoms with van der Waals surface area (Å²) in [7, 11) is 0. The van der Waals surface area contributed by atoms with Crippen LogP contribution in [-0.2, 0) is 6.61 Å². The molecule has 4 rings (SSSR count). The first-order chi connectivity index (χ1) is 14.3. The summed E-state index contributed by atoms with van der Waals surface area (Å²) >= 11 is 1.58. The van der Waals surface area contributed by atoms with Crippen molar-refractivity contribution in [3.8, 4) is 16.3 Å². The highest BCUT2D eigenvalue weighted by atomic mass is 32.1. The number of hydrogen-bond donors (Lipinski definition) is 2. The van der Waals surface area contributed by atoms with Crippen molar-refractivity contribution in [2.75, 3.05) is 0 Å². The van der Waals surface area contributed by atoms with Gasteiger partial charge in [0.1, 0.15) is 12.4 Å². The SMILES string of the molecule is O=C(NN=Cc1ccc(OCc2ccccc2)cc1)c1cc(-c2cccs2)[nH]n1. The van der Waals surface area contributed by atoms with Crippen molar-refractivity contribution in [3.05, 3.63) is 95.0 Å². The van der Waals surface area contributed by atoms with Crippen molar-refractivity contribution in [2.45, 2.75) is 6.61 Å². The maximum atomic E-state index is 12.2. The molecule has 2 heterocycles. The van der Waals surface area contributed by atoms with E-state index in [0.29, 0.717) is 6.61 Å². The van der Waals surface area contributed by atoms with Crippen molar-refractivity contribution < 1.29 is 9.53 Å². The highest BCUT2D eigenvalue weighted by molar-refractivity contribution is 7.13. The highest BCUT2D eigenvalue weighted by Crippen LogP contribution is 2.22. The molecular formula is C22H18N4O2S. The number of ether oxygens (including phenoxy) is 1. The first-order valence-electron chi connectivity index (χ1n) is 8.97. The molecule has 0 aliphatic rings. The number of hydrazone groups is 1. The largest absolute Gasteiger partial charge is 0.489 e. The monoisotopic (exact) mass is 402 g/mol. The summed E-state index contributed by atoms with van der Waals surface area (Å²) < 4.78 is 5.76. The summed E-state index contributed by atoms with van der Waals surface area (Å²) in [5, 5.41) is 12.9. The van der Waals surface area contributed by atoms with Crippen LogP contribution in [0.2, 0.25) is 0 Å². The van der Waals surface area contributed by atoms with Gasteiger partial charge >= 0.3 is 0 Å². The first-order valence-corrected chi connectivity index (χ1v) is 9.85. The Balaban J connectivity index is 1.29. The van der Waals surface area contributed by atoms with Crippen LogP contribution >= 0.6 is 11.3 Å². The van der Waals surface area contributed by atoms with E-state index < -0.39 is 0 Å². The van der Waals surface area contributed by atoms with Crippen LogP contribution in [0.15, 0.2) is 83.3 Å². The van der Waals surface area contributed by atoms with Crippen LogP contribution in [0.5, 0.6) is 5.75 Å². The Labute approximate surface area is 171 Å². The van der Waals surface area contributed by atoms with Crippen LogP contribution in [0.1, 0.15) is 21.6 Å². The van der Waals surface area contributed by atoms with E-state index in [1.54, 1.807) is 23.6 Å². The molecule has 2 N–H and O–H groups in total. The van der Waals surface area contributed by atoms with E-state index in [4.69, 9.17) is 4.74 Å². The Morgan fingerprint density at radius 3 is 2.69 bits per heavy atom. The second-order valence-electron chi connectivity index (χ2n) is 6.19. The predicted octanol–water partition coefficient (Wildman–Crippen LogP) is 4.48. The number of thiophene rings is 1. The average molecular weight is 402 g/mol. The second kappa shape index (κ2) is 8.99. The summed E-state index contributed by atoms with van der Waals surface area (Å²) in [6.45, 7) is 0.515. The quantitative estimate of drug-likeness (QED) is 0.353. The zero-order valence-electron chi connectivity index (χ0n) is 15.4. The molecule has 7 heteroatoms. The number of aromatic amines is 1. The maximum absolute atomic E-state index is 12.2. The number of hydrogen-bond acceptors (Lipinski definition) is 5. The standard InChI is InChI=1S/C22H18N4O2S/c27-22(20-13-19(24-25-20)21-7-4-12-29-21)26-23-14-16-8-10-18(11-9-16)28-15-17-5-2-1-3-6-17/h1-14H,15H2,(H,24,25)(H,26,27). The third kappa shape index (κ3) is 4.97. The van der Waals surface area contributed by atoms with E-state index >= 15 is 0 Å². The lowest BCUT2D eigenvalue weighted by Gasteiger charge is -2.06. The number of carbonyl (C=O) groups is 1. The number of aromatic nitrogens is 2. The molecule has 6 nitrogen and oxygen atoms in total. The Morgan fingerprint density at radius 1 is 1.10 bits per heavy atom. The zero-order chi connectivity index (χ0) is 19.9. The van der Waals surface area contributed by atoms with Gasteiger partial charge in [0, 0.05) is 0 Å². The van der Waals surface area contributed by atoms with Gasteiger partial charge in [-0.05, 0) is 52.9 Å². The van der Waals surface area contributed by atoms with Crippen molar-refractivity contribution >= 4 is 23.5 Å². The molecule has 0 fully saturated rings. The molecule has 0 unspecified atom stereocenters. The molecule has 1 amide bonds. The van der Waals surface area contributed by atoms with E-state index in [-0.39, 0.29) is 11.6 Å². The molecular weight excluding hydrogens is 384 g/mol. The van der Waals surface area contributed by atoms with Crippen LogP contribution < -0.4 is 10.2 Å². The van der Waals surface area contributed by atoms with Gasteiger partial charge in [0.2, 0.25) is 0 Å². The van der Waals surface area contributed by atoms with Gasteiger partial charge in [-0.1, -0.05) is 36.4 Å². The van der Waals surface area contributed by atoms with Gasteiger partial charge in [-0.15, -0.1) is 11.3 Å². The Hall–Kier alpha value is -3.71. The lowest BCUT2D eigenvalue weighted by molar-refractivity contribution is 0.0950. The summed E-state index contributed by atoms with van der Waals surface area (Å²) in [4.78, 5) is 13.2. The lowest BCUT2D eigenvalue weighted by atomic mass is 10.2. The van der Waals surface area contributed by atoms with E-state index in [1.165, 1.54) is 0 Å². The third-order valence-corrected chi connectivity index (χ3v) is 5.01. The van der Waals surface area contributed by atoms with E-state index in [2.05, 4.69) is 20.7 Å². The number of rotatable bonds is 7. The molecule has 29 heavy (non-hydrogen) atoms. The number of amides is 1. The Morgan fingerprint density at radius 2 is 1.93 bits per heavy atom. The van der Waals surface area contributed by atoms with Crippen LogP contribution in [0.3, 0.4) is 0 Å². The van der Waals surface area contributed by atoms with Crippen molar-refractivity contribution in [1.29, 1.82) is 0 Å². The molecule has 144 valence electrons. The summed E-state index contributed by atoms with van der Waals surface area (Å²) in [5.74, 6) is 0.399. The fourth-order valence-corrected chi connectivity index (χ4v) is 3.30. The normalized spacial score (nSPS) is 10.9. The Kier molecular flexibility index (Phi) is 5.78. The van der Waals surface area contributed by atoms with Crippen molar-refractivity contribution in [1.82, 2.24) is 15.6 Å². The first kappa shape index (κ1) is 18.6. The maximum Gasteiger partial charge on any atom is 0.291 e. The smallest absolute Gasteiger partial charge is 0.291 e. The fraction of sp³-hybridized carbons (Fsp3) is 0.0455. The van der Waals surface area contributed by atoms with Gasteiger partial charge in [0.25, 0.3) is 5.91 Å². The second-order valence-corrected chi connectivity index (χ2v) is 7.13. The molecule has 0 spiro atoms. The number of carbonyl (C=O) groups excluding carboxylic acids is 1. The summed E-state index contributed by atoms with van der Waals surface area (Å²) in [5.41, 5.74) is 5.54. The van der Waals surface area contributed by atoms with Crippen molar-refractivity contribution in [3.63, 3.8) is 0 Å². The minimum absolute atomic E-state index is 0.287. The Bertz CT molecular complexity index is 1090. The molecule has 2 aromatic carbocycles. The van der Waals surface area contributed by atoms with Crippen molar-refractivity contribution in [2.24, 2.45) is 5.10 Å².